The quantitative estimate of drug-likeness (QED) is 0.834. The zero-order chi connectivity index (χ0) is 14.5. The number of carbonyl (C=O) groups is 2. The van der Waals surface area contributed by atoms with Crippen molar-refractivity contribution in [2.75, 3.05) is 0 Å². The number of aliphatic carboxylic acids is 1. The molecule has 4 nitrogen and oxygen atoms in total. The summed E-state index contributed by atoms with van der Waals surface area (Å²) in [5.74, 6) is -1.05. The number of hydrogen-bond acceptors (Lipinski definition) is 4. The Labute approximate surface area is 124 Å². The molecule has 0 bridgehead atoms. The lowest BCUT2D eigenvalue weighted by Crippen LogP contribution is -2.21. The minimum Gasteiger partial charge on any atom is -0.478 e. The Morgan fingerprint density at radius 2 is 2.20 bits per heavy atom. The number of carboxylic acids is 1. The summed E-state index contributed by atoms with van der Waals surface area (Å²) < 4.78 is 0. The fourth-order valence-electron chi connectivity index (χ4n) is 1.60. The molecule has 20 heavy (non-hydrogen) atoms. The summed E-state index contributed by atoms with van der Waals surface area (Å²) in [5, 5.41) is 15.2. The number of aryl methyl sites for hydroxylation is 1. The fourth-order valence-corrected chi connectivity index (χ4v) is 3.23. The topological polar surface area (TPSA) is 66.4 Å². The summed E-state index contributed by atoms with van der Waals surface area (Å²) in [7, 11) is 0. The van der Waals surface area contributed by atoms with Crippen molar-refractivity contribution in [3.63, 3.8) is 0 Å². The van der Waals surface area contributed by atoms with Crippen LogP contribution in [0.5, 0.6) is 0 Å². The summed E-state index contributed by atoms with van der Waals surface area (Å²) in [5.41, 5.74) is 1.80. The fraction of sp³-hybridized carbons (Fsp3) is 0.143. The monoisotopic (exact) mass is 307 g/mol. The summed E-state index contributed by atoms with van der Waals surface area (Å²) in [6, 6.07) is 3.78. The van der Waals surface area contributed by atoms with Crippen molar-refractivity contribution in [2.24, 2.45) is 0 Å². The Morgan fingerprint density at radius 3 is 2.85 bits per heavy atom. The Bertz CT molecular complexity index is 655. The first kappa shape index (κ1) is 14.5. The molecule has 0 saturated carbocycles. The first-order chi connectivity index (χ1) is 9.56. The molecule has 0 aliphatic carbocycles. The number of carbonyl (C=O) groups excluding carboxylic acids is 1. The van der Waals surface area contributed by atoms with Gasteiger partial charge in [0.05, 0.1) is 11.4 Å². The molecule has 104 valence electrons. The Balaban J connectivity index is 1.93. The molecule has 2 aromatic rings. The molecule has 0 atom stereocenters. The normalized spacial score (nSPS) is 10.8. The van der Waals surface area contributed by atoms with Gasteiger partial charge in [0.15, 0.2) is 0 Å². The number of amides is 1. The molecule has 0 aliphatic rings. The maximum absolute atomic E-state index is 11.9. The molecule has 0 fully saturated rings. The average Bonchev–Trinajstić information content (AvgIpc) is 3.02. The number of rotatable bonds is 5. The SMILES string of the molecule is Cc1ccsc1C(=O)NCc1cc(C=CC(=O)O)cs1. The summed E-state index contributed by atoms with van der Waals surface area (Å²) >= 11 is 2.91. The molecular formula is C14H13NO3S2. The summed E-state index contributed by atoms with van der Waals surface area (Å²) in [4.78, 5) is 24.1. The first-order valence-electron chi connectivity index (χ1n) is 5.87. The van der Waals surface area contributed by atoms with Crippen LogP contribution in [0.3, 0.4) is 0 Å². The molecule has 2 N–H and O–H groups in total. The summed E-state index contributed by atoms with van der Waals surface area (Å²) in [6.07, 6.45) is 2.63. The third kappa shape index (κ3) is 3.79. The van der Waals surface area contributed by atoms with E-state index in [4.69, 9.17) is 5.11 Å². The molecule has 0 spiro atoms. The van der Waals surface area contributed by atoms with Gasteiger partial charge in [-0.05, 0) is 47.0 Å². The smallest absolute Gasteiger partial charge is 0.328 e. The van der Waals surface area contributed by atoms with Crippen LogP contribution in [0.1, 0.15) is 25.7 Å². The molecule has 6 heteroatoms. The third-order valence-electron chi connectivity index (χ3n) is 2.58. The van der Waals surface area contributed by atoms with Gasteiger partial charge in [-0.2, -0.15) is 0 Å². The minimum atomic E-state index is -0.973. The Kier molecular flexibility index (Phi) is 4.70. The molecule has 0 radical (unpaired) electrons. The maximum Gasteiger partial charge on any atom is 0.328 e. The minimum absolute atomic E-state index is 0.0754. The Hall–Kier alpha value is -1.92. The van der Waals surface area contributed by atoms with Crippen molar-refractivity contribution >= 4 is 40.6 Å². The highest BCUT2D eigenvalue weighted by Gasteiger charge is 2.10. The summed E-state index contributed by atoms with van der Waals surface area (Å²) in [6.45, 7) is 2.35. The third-order valence-corrected chi connectivity index (χ3v) is 4.55. The predicted molar refractivity (Wildman–Crippen MR) is 81.2 cm³/mol. The number of nitrogens with one attached hydrogen (secondary N) is 1. The molecular weight excluding hydrogens is 294 g/mol. The molecule has 2 rings (SSSR count). The van der Waals surface area contributed by atoms with Crippen molar-refractivity contribution < 1.29 is 14.7 Å². The number of thiophene rings is 2. The van der Waals surface area contributed by atoms with Crippen molar-refractivity contribution in [3.05, 3.63) is 49.9 Å². The molecule has 1 amide bonds. The average molecular weight is 307 g/mol. The maximum atomic E-state index is 11.9. The lowest BCUT2D eigenvalue weighted by Gasteiger charge is -2.02. The lowest BCUT2D eigenvalue weighted by molar-refractivity contribution is -0.131. The van der Waals surface area contributed by atoms with Gasteiger partial charge in [-0.3, -0.25) is 4.79 Å². The van der Waals surface area contributed by atoms with Gasteiger partial charge in [0.25, 0.3) is 5.91 Å². The molecule has 0 unspecified atom stereocenters. The van der Waals surface area contributed by atoms with Crippen LogP contribution in [0.4, 0.5) is 0 Å². The first-order valence-corrected chi connectivity index (χ1v) is 7.63. The van der Waals surface area contributed by atoms with E-state index in [-0.39, 0.29) is 5.91 Å². The number of carboxylic acid groups (broad SMARTS) is 1. The van der Waals surface area contributed by atoms with Crippen LogP contribution in [0.25, 0.3) is 6.08 Å². The van der Waals surface area contributed by atoms with Crippen molar-refractivity contribution in [3.8, 4) is 0 Å². The lowest BCUT2D eigenvalue weighted by atomic mass is 10.2. The molecule has 0 aromatic carbocycles. The van der Waals surface area contributed by atoms with E-state index >= 15 is 0 Å². The zero-order valence-electron chi connectivity index (χ0n) is 10.8. The highest BCUT2D eigenvalue weighted by Crippen LogP contribution is 2.18. The molecule has 2 heterocycles. The molecule has 0 aliphatic heterocycles. The van der Waals surface area contributed by atoms with E-state index in [1.807, 2.05) is 29.8 Å². The van der Waals surface area contributed by atoms with Gasteiger partial charge in [0, 0.05) is 11.0 Å². The van der Waals surface area contributed by atoms with Crippen LogP contribution in [0.2, 0.25) is 0 Å². The van der Waals surface area contributed by atoms with Crippen LogP contribution in [0.15, 0.2) is 29.0 Å². The molecule has 2 aromatic heterocycles. The van der Waals surface area contributed by atoms with Gasteiger partial charge in [-0.25, -0.2) is 4.79 Å². The highest BCUT2D eigenvalue weighted by molar-refractivity contribution is 7.12. The van der Waals surface area contributed by atoms with E-state index < -0.39 is 5.97 Å². The van der Waals surface area contributed by atoms with Crippen LogP contribution in [-0.2, 0) is 11.3 Å². The van der Waals surface area contributed by atoms with E-state index in [0.717, 1.165) is 27.0 Å². The highest BCUT2D eigenvalue weighted by atomic mass is 32.1. The van der Waals surface area contributed by atoms with Gasteiger partial charge in [-0.15, -0.1) is 22.7 Å². The van der Waals surface area contributed by atoms with Crippen LogP contribution in [-0.4, -0.2) is 17.0 Å². The second-order valence-corrected chi connectivity index (χ2v) is 6.05. The van der Waals surface area contributed by atoms with Crippen molar-refractivity contribution in [2.45, 2.75) is 13.5 Å². The van der Waals surface area contributed by atoms with Gasteiger partial charge in [0.1, 0.15) is 0 Å². The zero-order valence-corrected chi connectivity index (χ0v) is 12.4. The second-order valence-electron chi connectivity index (χ2n) is 4.13. The van der Waals surface area contributed by atoms with Gasteiger partial charge in [0.2, 0.25) is 0 Å². The molecule has 0 saturated heterocycles. The van der Waals surface area contributed by atoms with Gasteiger partial charge >= 0.3 is 5.97 Å². The number of hydrogen-bond donors (Lipinski definition) is 2. The second kappa shape index (κ2) is 6.49. The standard InChI is InChI=1S/C14H13NO3S2/c1-9-4-5-19-13(9)14(18)15-7-11-6-10(8-20-11)2-3-12(16)17/h2-6,8H,7H2,1H3,(H,15,18)(H,16,17). The van der Waals surface area contributed by atoms with Crippen LogP contribution < -0.4 is 5.32 Å². The largest absolute Gasteiger partial charge is 0.478 e. The van der Waals surface area contributed by atoms with E-state index in [2.05, 4.69) is 5.32 Å². The van der Waals surface area contributed by atoms with Crippen LogP contribution in [0, 0.1) is 6.92 Å². The van der Waals surface area contributed by atoms with Gasteiger partial charge < -0.3 is 10.4 Å². The predicted octanol–water partition coefficient (Wildman–Crippen LogP) is 3.15. The van der Waals surface area contributed by atoms with E-state index in [0.29, 0.717) is 6.54 Å². The van der Waals surface area contributed by atoms with Crippen LogP contribution >= 0.6 is 22.7 Å². The van der Waals surface area contributed by atoms with Crippen molar-refractivity contribution in [1.29, 1.82) is 0 Å². The van der Waals surface area contributed by atoms with Crippen molar-refractivity contribution in [1.82, 2.24) is 5.32 Å². The van der Waals surface area contributed by atoms with E-state index in [9.17, 15) is 9.59 Å². The Morgan fingerprint density at radius 1 is 1.40 bits per heavy atom. The van der Waals surface area contributed by atoms with E-state index in [1.165, 1.54) is 28.7 Å². The van der Waals surface area contributed by atoms with E-state index in [1.54, 1.807) is 0 Å². The van der Waals surface area contributed by atoms with Gasteiger partial charge in [-0.1, -0.05) is 0 Å².